The van der Waals surface area contributed by atoms with Gasteiger partial charge in [-0.05, 0) is 24.3 Å². The molecule has 0 radical (unpaired) electrons. The number of sulfonamides is 1. The van der Waals surface area contributed by atoms with E-state index < -0.39 is 10.0 Å². The fourth-order valence-electron chi connectivity index (χ4n) is 1.04. The molecular formula is C8H8ClNO2S. The lowest BCUT2D eigenvalue weighted by Gasteiger charge is -2.02. The van der Waals surface area contributed by atoms with Crippen LogP contribution < -0.4 is 0 Å². The van der Waals surface area contributed by atoms with Gasteiger partial charge >= 0.3 is 0 Å². The summed E-state index contributed by atoms with van der Waals surface area (Å²) in [6, 6.07) is 6.21. The predicted octanol–water partition coefficient (Wildman–Crippen LogP) is 1.34. The van der Waals surface area contributed by atoms with Gasteiger partial charge in [0.05, 0.1) is 4.90 Å². The van der Waals surface area contributed by atoms with Crippen molar-refractivity contribution in [2.24, 2.45) is 0 Å². The zero-order valence-corrected chi connectivity index (χ0v) is 8.35. The molecule has 5 heteroatoms. The SMILES string of the molecule is O=S(=O)(c1ccc(Cl)cc1)N1CC1. The lowest BCUT2D eigenvalue weighted by Crippen LogP contribution is -2.11. The number of rotatable bonds is 2. The van der Waals surface area contributed by atoms with Gasteiger partial charge in [-0.2, -0.15) is 4.31 Å². The molecule has 1 aromatic rings. The molecule has 13 heavy (non-hydrogen) atoms. The third-order valence-corrected chi connectivity index (χ3v) is 4.02. The van der Waals surface area contributed by atoms with Crippen LogP contribution in [0.1, 0.15) is 0 Å². The van der Waals surface area contributed by atoms with Crippen molar-refractivity contribution in [3.05, 3.63) is 29.3 Å². The van der Waals surface area contributed by atoms with E-state index in [4.69, 9.17) is 11.6 Å². The maximum atomic E-state index is 11.6. The summed E-state index contributed by atoms with van der Waals surface area (Å²) in [6.07, 6.45) is 0. The molecule has 0 bridgehead atoms. The summed E-state index contributed by atoms with van der Waals surface area (Å²) < 4.78 is 24.6. The zero-order chi connectivity index (χ0) is 9.47. The third kappa shape index (κ3) is 1.70. The smallest absolute Gasteiger partial charge is 0.207 e. The van der Waals surface area contributed by atoms with E-state index in [1.807, 2.05) is 0 Å². The van der Waals surface area contributed by atoms with Gasteiger partial charge in [-0.15, -0.1) is 0 Å². The largest absolute Gasteiger partial charge is 0.243 e. The van der Waals surface area contributed by atoms with Crippen LogP contribution in [0.15, 0.2) is 29.2 Å². The Morgan fingerprint density at radius 2 is 1.69 bits per heavy atom. The molecule has 1 saturated heterocycles. The van der Waals surface area contributed by atoms with Crippen molar-refractivity contribution in [2.75, 3.05) is 13.1 Å². The van der Waals surface area contributed by atoms with Crippen LogP contribution in [0.4, 0.5) is 0 Å². The third-order valence-electron chi connectivity index (χ3n) is 1.86. The van der Waals surface area contributed by atoms with Gasteiger partial charge in [-0.1, -0.05) is 11.6 Å². The van der Waals surface area contributed by atoms with Gasteiger partial charge in [0.15, 0.2) is 0 Å². The van der Waals surface area contributed by atoms with Crippen LogP contribution in [0.2, 0.25) is 5.02 Å². The van der Waals surface area contributed by atoms with E-state index in [0.717, 1.165) is 0 Å². The molecule has 0 spiro atoms. The molecule has 1 aliphatic rings. The van der Waals surface area contributed by atoms with Crippen LogP contribution in [0, 0.1) is 0 Å². The molecule has 0 saturated carbocycles. The van der Waals surface area contributed by atoms with Gasteiger partial charge < -0.3 is 0 Å². The number of benzene rings is 1. The second-order valence-electron chi connectivity index (χ2n) is 2.86. The highest BCUT2D eigenvalue weighted by Gasteiger charge is 2.32. The van der Waals surface area contributed by atoms with E-state index in [9.17, 15) is 8.42 Å². The molecule has 0 aliphatic carbocycles. The first-order chi connectivity index (χ1) is 6.10. The first-order valence-electron chi connectivity index (χ1n) is 3.86. The molecule has 70 valence electrons. The second-order valence-corrected chi connectivity index (χ2v) is 5.23. The summed E-state index contributed by atoms with van der Waals surface area (Å²) >= 11 is 5.65. The average Bonchev–Trinajstić information content (AvgIpc) is 2.87. The van der Waals surface area contributed by atoms with E-state index in [1.165, 1.54) is 16.4 Å². The lowest BCUT2D eigenvalue weighted by atomic mass is 10.4. The van der Waals surface area contributed by atoms with Crippen molar-refractivity contribution in [3.8, 4) is 0 Å². The van der Waals surface area contributed by atoms with Gasteiger partial charge in [0.25, 0.3) is 0 Å². The Hall–Kier alpha value is -0.580. The molecule has 0 atom stereocenters. The molecule has 1 aromatic carbocycles. The summed E-state index contributed by atoms with van der Waals surface area (Å²) in [4.78, 5) is 0.314. The quantitative estimate of drug-likeness (QED) is 0.702. The summed E-state index contributed by atoms with van der Waals surface area (Å²) in [7, 11) is -3.21. The summed E-state index contributed by atoms with van der Waals surface area (Å²) in [5.74, 6) is 0. The van der Waals surface area contributed by atoms with Gasteiger partial charge in [0.2, 0.25) is 10.0 Å². The van der Waals surface area contributed by atoms with Crippen LogP contribution in [-0.4, -0.2) is 25.8 Å². The first kappa shape index (κ1) is 8.99. The Morgan fingerprint density at radius 3 is 2.15 bits per heavy atom. The summed E-state index contributed by atoms with van der Waals surface area (Å²) in [6.45, 7) is 1.26. The van der Waals surface area contributed by atoms with Crippen LogP contribution in [-0.2, 0) is 10.0 Å². The van der Waals surface area contributed by atoms with Crippen LogP contribution in [0.25, 0.3) is 0 Å². The van der Waals surface area contributed by atoms with Gasteiger partial charge in [-0.25, -0.2) is 8.42 Å². The molecule has 0 aromatic heterocycles. The van der Waals surface area contributed by atoms with Crippen molar-refractivity contribution in [2.45, 2.75) is 4.90 Å². The van der Waals surface area contributed by atoms with Gasteiger partial charge in [-0.3, -0.25) is 0 Å². The van der Waals surface area contributed by atoms with E-state index in [1.54, 1.807) is 12.1 Å². The van der Waals surface area contributed by atoms with Crippen molar-refractivity contribution < 1.29 is 8.42 Å². The Morgan fingerprint density at radius 1 is 1.15 bits per heavy atom. The highest BCUT2D eigenvalue weighted by Crippen LogP contribution is 2.22. The molecule has 3 nitrogen and oxygen atoms in total. The minimum atomic E-state index is -3.21. The summed E-state index contributed by atoms with van der Waals surface area (Å²) in [5.41, 5.74) is 0. The fourth-order valence-corrected chi connectivity index (χ4v) is 2.50. The normalized spacial score (nSPS) is 17.3. The lowest BCUT2D eigenvalue weighted by molar-refractivity contribution is 0.563. The molecule has 0 unspecified atom stereocenters. The monoisotopic (exact) mass is 217 g/mol. The van der Waals surface area contributed by atoms with Crippen molar-refractivity contribution >= 4 is 21.6 Å². The molecule has 1 fully saturated rings. The van der Waals surface area contributed by atoms with Crippen molar-refractivity contribution in [1.82, 2.24) is 4.31 Å². The van der Waals surface area contributed by atoms with E-state index in [2.05, 4.69) is 0 Å². The predicted molar refractivity (Wildman–Crippen MR) is 50.2 cm³/mol. The van der Waals surface area contributed by atoms with Gasteiger partial charge in [0.1, 0.15) is 0 Å². The Kier molecular flexibility index (Phi) is 2.06. The highest BCUT2D eigenvalue weighted by molar-refractivity contribution is 7.89. The number of hydrogen-bond donors (Lipinski definition) is 0. The Bertz CT molecular complexity index is 408. The topological polar surface area (TPSA) is 37.1 Å². The van der Waals surface area contributed by atoms with Crippen LogP contribution in [0.5, 0.6) is 0 Å². The maximum absolute atomic E-state index is 11.6. The second kappa shape index (κ2) is 2.97. The number of nitrogens with zero attached hydrogens (tertiary/aromatic N) is 1. The molecule has 1 heterocycles. The first-order valence-corrected chi connectivity index (χ1v) is 5.68. The maximum Gasteiger partial charge on any atom is 0.243 e. The average molecular weight is 218 g/mol. The standard InChI is InChI=1S/C8H8ClNO2S/c9-7-1-3-8(4-2-7)13(11,12)10-5-6-10/h1-4H,5-6H2. The Balaban J connectivity index is 2.40. The molecule has 0 amide bonds. The summed E-state index contributed by atoms with van der Waals surface area (Å²) in [5, 5.41) is 0.546. The molecule has 2 rings (SSSR count). The number of hydrogen-bond acceptors (Lipinski definition) is 2. The van der Waals surface area contributed by atoms with Gasteiger partial charge in [0, 0.05) is 18.1 Å². The molecule has 1 aliphatic heterocycles. The molecular weight excluding hydrogens is 210 g/mol. The minimum absolute atomic E-state index is 0.314. The van der Waals surface area contributed by atoms with E-state index in [0.29, 0.717) is 23.0 Å². The van der Waals surface area contributed by atoms with E-state index in [-0.39, 0.29) is 0 Å². The van der Waals surface area contributed by atoms with Crippen LogP contribution >= 0.6 is 11.6 Å². The van der Waals surface area contributed by atoms with Crippen molar-refractivity contribution in [3.63, 3.8) is 0 Å². The number of halogens is 1. The van der Waals surface area contributed by atoms with Crippen LogP contribution in [0.3, 0.4) is 0 Å². The van der Waals surface area contributed by atoms with Crippen molar-refractivity contribution in [1.29, 1.82) is 0 Å². The van der Waals surface area contributed by atoms with E-state index >= 15 is 0 Å². The molecule has 0 N–H and O–H groups in total. The highest BCUT2D eigenvalue weighted by atomic mass is 35.5. The minimum Gasteiger partial charge on any atom is -0.207 e. The fraction of sp³-hybridized carbons (Fsp3) is 0.250. The zero-order valence-electron chi connectivity index (χ0n) is 6.77. The Labute approximate surface area is 82.0 Å².